The van der Waals surface area contributed by atoms with Crippen molar-refractivity contribution >= 4 is 21.7 Å². The van der Waals surface area contributed by atoms with Crippen LogP contribution in [0.3, 0.4) is 0 Å². The second-order valence-electron chi connectivity index (χ2n) is 3.86. The van der Waals surface area contributed by atoms with E-state index >= 15 is 0 Å². The summed E-state index contributed by atoms with van der Waals surface area (Å²) < 4.78 is 5.86. The predicted octanol–water partition coefficient (Wildman–Crippen LogP) is 3.42. The highest BCUT2D eigenvalue weighted by atomic mass is 79.9. The third kappa shape index (κ3) is 3.20. The smallest absolute Gasteiger partial charge is 0.145 e. The molecule has 0 bridgehead atoms. The number of anilines is 1. The number of methoxy groups -OCH3 is 1. The van der Waals surface area contributed by atoms with Crippen molar-refractivity contribution in [2.45, 2.75) is 13.0 Å². The van der Waals surface area contributed by atoms with Crippen molar-refractivity contribution in [1.82, 2.24) is 9.97 Å². The van der Waals surface area contributed by atoms with Crippen LogP contribution in [0.5, 0.6) is 5.75 Å². The molecule has 4 nitrogen and oxygen atoms in total. The van der Waals surface area contributed by atoms with E-state index in [1.165, 1.54) is 5.56 Å². The lowest BCUT2D eigenvalue weighted by Gasteiger charge is -2.15. The van der Waals surface area contributed by atoms with Crippen molar-refractivity contribution in [2.24, 2.45) is 0 Å². The maximum absolute atomic E-state index is 5.13. The summed E-state index contributed by atoms with van der Waals surface area (Å²) in [5.74, 6) is 1.61. The standard InChI is InChI=1S/C13H14BrN3O/c1-9(10-3-5-11(18-2)6-4-10)17-13-8-15-12(14)7-16-13/h3-9H,1-2H3,(H,16,17). The van der Waals surface area contributed by atoms with E-state index in [4.69, 9.17) is 4.74 Å². The van der Waals surface area contributed by atoms with Gasteiger partial charge in [-0.2, -0.15) is 0 Å². The number of halogens is 1. The minimum atomic E-state index is 0.159. The highest BCUT2D eigenvalue weighted by Gasteiger charge is 2.06. The molecule has 0 saturated heterocycles. The second-order valence-corrected chi connectivity index (χ2v) is 4.68. The topological polar surface area (TPSA) is 47.0 Å². The highest BCUT2D eigenvalue weighted by molar-refractivity contribution is 9.10. The van der Waals surface area contributed by atoms with Gasteiger partial charge in [-0.25, -0.2) is 9.97 Å². The molecule has 0 fully saturated rings. The maximum atomic E-state index is 5.13. The Morgan fingerprint density at radius 3 is 2.44 bits per heavy atom. The van der Waals surface area contributed by atoms with E-state index in [-0.39, 0.29) is 6.04 Å². The van der Waals surface area contributed by atoms with Crippen molar-refractivity contribution in [3.05, 3.63) is 46.8 Å². The fourth-order valence-corrected chi connectivity index (χ4v) is 1.79. The highest BCUT2D eigenvalue weighted by Crippen LogP contribution is 2.20. The van der Waals surface area contributed by atoms with Crippen LogP contribution in [0, 0.1) is 0 Å². The Morgan fingerprint density at radius 1 is 1.17 bits per heavy atom. The van der Waals surface area contributed by atoms with E-state index < -0.39 is 0 Å². The number of benzene rings is 1. The Balaban J connectivity index is 2.06. The summed E-state index contributed by atoms with van der Waals surface area (Å²) in [6.07, 6.45) is 3.37. The van der Waals surface area contributed by atoms with E-state index in [0.29, 0.717) is 0 Å². The molecule has 0 radical (unpaired) electrons. The monoisotopic (exact) mass is 307 g/mol. The zero-order valence-corrected chi connectivity index (χ0v) is 11.8. The number of ether oxygens (including phenoxy) is 1. The lowest BCUT2D eigenvalue weighted by Crippen LogP contribution is -2.08. The molecule has 1 atom stereocenters. The summed E-state index contributed by atoms with van der Waals surface area (Å²) in [4.78, 5) is 8.36. The Hall–Kier alpha value is -1.62. The van der Waals surface area contributed by atoms with Gasteiger partial charge in [-0.1, -0.05) is 12.1 Å². The molecule has 1 heterocycles. The molecule has 2 rings (SSSR count). The molecule has 1 aromatic heterocycles. The van der Waals surface area contributed by atoms with Gasteiger partial charge in [0.15, 0.2) is 0 Å². The molecule has 0 aliphatic rings. The van der Waals surface area contributed by atoms with E-state index in [2.05, 4.69) is 38.1 Å². The second kappa shape index (κ2) is 5.82. The zero-order chi connectivity index (χ0) is 13.0. The fourth-order valence-electron chi connectivity index (χ4n) is 1.58. The molecule has 1 aromatic carbocycles. The fraction of sp³-hybridized carbons (Fsp3) is 0.231. The van der Waals surface area contributed by atoms with Gasteiger partial charge in [0.25, 0.3) is 0 Å². The Kier molecular flexibility index (Phi) is 4.15. The zero-order valence-electron chi connectivity index (χ0n) is 10.2. The van der Waals surface area contributed by atoms with Crippen molar-refractivity contribution in [2.75, 3.05) is 12.4 Å². The molecule has 94 valence electrons. The summed E-state index contributed by atoms with van der Waals surface area (Å²) in [7, 11) is 1.66. The Morgan fingerprint density at radius 2 is 1.89 bits per heavy atom. The first-order chi connectivity index (χ1) is 8.69. The van der Waals surface area contributed by atoms with Crippen LogP contribution in [0.25, 0.3) is 0 Å². The lowest BCUT2D eigenvalue weighted by atomic mass is 10.1. The Bertz CT molecular complexity index is 499. The van der Waals surface area contributed by atoms with Crippen molar-refractivity contribution < 1.29 is 4.74 Å². The molecular formula is C13H14BrN3O. The van der Waals surface area contributed by atoms with Crippen LogP contribution in [0.4, 0.5) is 5.82 Å². The molecule has 0 amide bonds. The Labute approximate surface area is 115 Å². The van der Waals surface area contributed by atoms with Gasteiger partial charge in [-0.05, 0) is 40.5 Å². The SMILES string of the molecule is COc1ccc(C(C)Nc2cnc(Br)cn2)cc1. The summed E-state index contributed by atoms with van der Waals surface area (Å²) in [6, 6.07) is 8.11. The average Bonchev–Trinajstić information content (AvgIpc) is 2.41. The number of nitrogens with zero attached hydrogens (tertiary/aromatic N) is 2. The summed E-state index contributed by atoms with van der Waals surface area (Å²) in [6.45, 7) is 2.07. The van der Waals surface area contributed by atoms with E-state index in [9.17, 15) is 0 Å². The number of rotatable bonds is 4. The van der Waals surface area contributed by atoms with Crippen LogP contribution in [-0.2, 0) is 0 Å². The number of hydrogen-bond acceptors (Lipinski definition) is 4. The molecule has 0 aliphatic heterocycles. The van der Waals surface area contributed by atoms with Crippen molar-refractivity contribution in [3.8, 4) is 5.75 Å². The quantitative estimate of drug-likeness (QED) is 0.940. The number of hydrogen-bond donors (Lipinski definition) is 1. The molecule has 0 saturated carbocycles. The van der Waals surface area contributed by atoms with Crippen molar-refractivity contribution in [1.29, 1.82) is 0 Å². The van der Waals surface area contributed by atoms with Gasteiger partial charge in [-0.3, -0.25) is 0 Å². The summed E-state index contributed by atoms with van der Waals surface area (Å²) in [5.41, 5.74) is 1.17. The molecular weight excluding hydrogens is 294 g/mol. The van der Waals surface area contributed by atoms with Gasteiger partial charge in [0.1, 0.15) is 16.2 Å². The van der Waals surface area contributed by atoms with Gasteiger partial charge >= 0.3 is 0 Å². The summed E-state index contributed by atoms with van der Waals surface area (Å²) >= 11 is 3.26. The third-order valence-corrected chi connectivity index (χ3v) is 3.01. The number of nitrogens with one attached hydrogen (secondary N) is 1. The van der Waals surface area contributed by atoms with Crippen LogP contribution in [0.2, 0.25) is 0 Å². The van der Waals surface area contributed by atoms with Crippen LogP contribution >= 0.6 is 15.9 Å². The molecule has 1 N–H and O–H groups in total. The van der Waals surface area contributed by atoms with E-state index in [1.807, 2.05) is 24.3 Å². The van der Waals surface area contributed by atoms with Gasteiger partial charge in [0, 0.05) is 6.04 Å². The van der Waals surface area contributed by atoms with Gasteiger partial charge in [-0.15, -0.1) is 0 Å². The minimum Gasteiger partial charge on any atom is -0.497 e. The van der Waals surface area contributed by atoms with E-state index in [0.717, 1.165) is 16.2 Å². The van der Waals surface area contributed by atoms with Crippen LogP contribution in [0.15, 0.2) is 41.3 Å². The summed E-state index contributed by atoms with van der Waals surface area (Å²) in [5, 5.41) is 3.29. The first kappa shape index (κ1) is 12.8. The first-order valence-electron chi connectivity index (χ1n) is 5.57. The molecule has 5 heteroatoms. The largest absolute Gasteiger partial charge is 0.497 e. The number of aromatic nitrogens is 2. The molecule has 0 spiro atoms. The lowest BCUT2D eigenvalue weighted by molar-refractivity contribution is 0.414. The predicted molar refractivity (Wildman–Crippen MR) is 74.8 cm³/mol. The molecule has 2 aromatic rings. The molecule has 0 aliphatic carbocycles. The van der Waals surface area contributed by atoms with Gasteiger partial charge in [0.2, 0.25) is 0 Å². The molecule has 1 unspecified atom stereocenters. The van der Waals surface area contributed by atoms with E-state index in [1.54, 1.807) is 19.5 Å². The average molecular weight is 308 g/mol. The van der Waals surface area contributed by atoms with Crippen LogP contribution in [-0.4, -0.2) is 17.1 Å². The van der Waals surface area contributed by atoms with Gasteiger partial charge in [0.05, 0.1) is 19.5 Å². The maximum Gasteiger partial charge on any atom is 0.145 e. The minimum absolute atomic E-state index is 0.159. The van der Waals surface area contributed by atoms with Crippen LogP contribution in [0.1, 0.15) is 18.5 Å². The first-order valence-corrected chi connectivity index (χ1v) is 6.36. The van der Waals surface area contributed by atoms with Gasteiger partial charge < -0.3 is 10.1 Å². The third-order valence-electron chi connectivity index (χ3n) is 2.60. The van der Waals surface area contributed by atoms with Crippen molar-refractivity contribution in [3.63, 3.8) is 0 Å². The normalized spacial score (nSPS) is 11.9. The van der Waals surface area contributed by atoms with Crippen LogP contribution < -0.4 is 10.1 Å². The molecule has 18 heavy (non-hydrogen) atoms.